The summed E-state index contributed by atoms with van der Waals surface area (Å²) in [6, 6.07) is 9.93. The Morgan fingerprint density at radius 1 is 1.09 bits per heavy atom. The van der Waals surface area contributed by atoms with Crippen LogP contribution in [0.3, 0.4) is 0 Å². The smallest absolute Gasteiger partial charge is 0.236 e. The molecule has 1 aliphatic rings. The van der Waals surface area contributed by atoms with Crippen LogP contribution in [0.25, 0.3) is 0 Å². The lowest BCUT2D eigenvalue weighted by molar-refractivity contribution is -0.132. The van der Waals surface area contributed by atoms with Gasteiger partial charge in [0.05, 0.1) is 18.2 Å². The minimum absolute atomic E-state index is 0.232. The molecule has 0 atom stereocenters. The van der Waals surface area contributed by atoms with Crippen LogP contribution in [0.2, 0.25) is 0 Å². The van der Waals surface area contributed by atoms with Crippen LogP contribution in [0.15, 0.2) is 24.3 Å². The monoisotopic (exact) mass is 314 g/mol. The molecule has 1 fully saturated rings. The Balaban J connectivity index is 1.77. The van der Waals surface area contributed by atoms with Crippen molar-refractivity contribution in [3.63, 3.8) is 0 Å². The number of piperazine rings is 1. The third kappa shape index (κ3) is 5.05. The molecule has 1 heterocycles. The van der Waals surface area contributed by atoms with Crippen molar-refractivity contribution in [3.8, 4) is 6.07 Å². The zero-order valence-electron chi connectivity index (χ0n) is 14.2. The predicted molar refractivity (Wildman–Crippen MR) is 90.8 cm³/mol. The number of nitrogens with zero attached hydrogens (tertiary/aromatic N) is 4. The molecule has 0 aromatic heterocycles. The van der Waals surface area contributed by atoms with E-state index < -0.39 is 0 Å². The van der Waals surface area contributed by atoms with Gasteiger partial charge in [0, 0.05) is 45.8 Å². The third-order valence-electron chi connectivity index (χ3n) is 4.43. The van der Waals surface area contributed by atoms with Crippen LogP contribution < -0.4 is 0 Å². The summed E-state index contributed by atoms with van der Waals surface area (Å²) in [6.45, 7) is 10.9. The first-order valence-corrected chi connectivity index (χ1v) is 8.37. The molecule has 1 saturated heterocycles. The van der Waals surface area contributed by atoms with Crippen molar-refractivity contribution in [1.82, 2.24) is 14.7 Å². The lowest BCUT2D eigenvalue weighted by Gasteiger charge is -2.35. The summed E-state index contributed by atoms with van der Waals surface area (Å²) in [5.41, 5.74) is 1.94. The number of nitriles is 1. The maximum absolute atomic E-state index is 12.2. The maximum Gasteiger partial charge on any atom is 0.236 e. The van der Waals surface area contributed by atoms with E-state index in [9.17, 15) is 4.79 Å². The molecule has 1 aromatic rings. The topological polar surface area (TPSA) is 50.6 Å². The second-order valence-corrected chi connectivity index (χ2v) is 5.93. The molecule has 0 radical (unpaired) electrons. The Morgan fingerprint density at radius 3 is 2.17 bits per heavy atom. The van der Waals surface area contributed by atoms with Crippen molar-refractivity contribution in [2.75, 3.05) is 45.8 Å². The maximum atomic E-state index is 12.2. The van der Waals surface area contributed by atoms with Gasteiger partial charge in [-0.3, -0.25) is 14.6 Å². The molecular formula is C18H26N4O. The van der Waals surface area contributed by atoms with E-state index in [1.807, 2.05) is 43.0 Å². The van der Waals surface area contributed by atoms with Crippen molar-refractivity contribution in [2.45, 2.75) is 20.4 Å². The first kappa shape index (κ1) is 17.5. The van der Waals surface area contributed by atoms with E-state index in [4.69, 9.17) is 5.26 Å². The van der Waals surface area contributed by atoms with Crippen molar-refractivity contribution < 1.29 is 4.79 Å². The van der Waals surface area contributed by atoms with Crippen molar-refractivity contribution >= 4 is 5.91 Å². The fourth-order valence-electron chi connectivity index (χ4n) is 2.92. The Hall–Kier alpha value is -1.90. The van der Waals surface area contributed by atoms with E-state index in [1.165, 1.54) is 5.56 Å². The van der Waals surface area contributed by atoms with Crippen LogP contribution in [0.1, 0.15) is 25.0 Å². The highest BCUT2D eigenvalue weighted by atomic mass is 16.2. The quantitative estimate of drug-likeness (QED) is 0.799. The van der Waals surface area contributed by atoms with Crippen molar-refractivity contribution in [1.29, 1.82) is 5.26 Å². The molecule has 124 valence electrons. The number of hydrogen-bond acceptors (Lipinski definition) is 4. The fraction of sp³-hybridized carbons (Fsp3) is 0.556. The van der Waals surface area contributed by atoms with E-state index in [0.29, 0.717) is 12.1 Å². The van der Waals surface area contributed by atoms with E-state index in [-0.39, 0.29) is 5.91 Å². The van der Waals surface area contributed by atoms with Gasteiger partial charge in [-0.05, 0) is 31.5 Å². The summed E-state index contributed by atoms with van der Waals surface area (Å²) in [5.74, 6) is 0.232. The molecule has 5 nitrogen and oxygen atoms in total. The fourth-order valence-corrected chi connectivity index (χ4v) is 2.92. The van der Waals surface area contributed by atoms with Gasteiger partial charge in [0.15, 0.2) is 0 Å². The van der Waals surface area contributed by atoms with E-state index in [0.717, 1.165) is 45.8 Å². The number of amides is 1. The normalized spacial score (nSPS) is 16.0. The van der Waals surface area contributed by atoms with Crippen molar-refractivity contribution in [2.24, 2.45) is 0 Å². The molecule has 0 saturated carbocycles. The van der Waals surface area contributed by atoms with Gasteiger partial charge in [-0.15, -0.1) is 0 Å². The molecule has 0 bridgehead atoms. The molecule has 0 aliphatic carbocycles. The molecular weight excluding hydrogens is 288 g/mol. The van der Waals surface area contributed by atoms with Gasteiger partial charge >= 0.3 is 0 Å². The Morgan fingerprint density at radius 2 is 1.65 bits per heavy atom. The molecule has 5 heteroatoms. The molecule has 23 heavy (non-hydrogen) atoms. The minimum Gasteiger partial charge on any atom is -0.342 e. The molecule has 0 unspecified atom stereocenters. The first-order chi connectivity index (χ1) is 11.2. The highest BCUT2D eigenvalue weighted by Crippen LogP contribution is 2.10. The van der Waals surface area contributed by atoms with Gasteiger partial charge in [0.25, 0.3) is 0 Å². The molecule has 2 rings (SSSR count). The number of likely N-dealkylation sites (N-methyl/N-ethyl adjacent to an activating group) is 1. The second-order valence-electron chi connectivity index (χ2n) is 5.93. The summed E-state index contributed by atoms with van der Waals surface area (Å²) >= 11 is 0. The summed E-state index contributed by atoms with van der Waals surface area (Å²) in [7, 11) is 0. The number of carbonyl (C=O) groups is 1. The van der Waals surface area contributed by atoms with E-state index >= 15 is 0 Å². The highest BCUT2D eigenvalue weighted by Gasteiger charge is 2.20. The summed E-state index contributed by atoms with van der Waals surface area (Å²) < 4.78 is 0. The Kier molecular flexibility index (Phi) is 6.57. The number of benzene rings is 1. The van der Waals surface area contributed by atoms with E-state index in [2.05, 4.69) is 15.9 Å². The summed E-state index contributed by atoms with van der Waals surface area (Å²) in [6.07, 6.45) is 0. The van der Waals surface area contributed by atoms with Crippen LogP contribution in [0, 0.1) is 11.3 Å². The van der Waals surface area contributed by atoms with Crippen LogP contribution in [-0.4, -0.2) is 66.4 Å². The third-order valence-corrected chi connectivity index (χ3v) is 4.43. The van der Waals surface area contributed by atoms with Crippen LogP contribution in [-0.2, 0) is 11.3 Å². The Bertz CT molecular complexity index is 537. The SMILES string of the molecule is CCN(CC)C(=O)CN1CCN(Cc2ccc(C#N)cc2)CC1. The minimum atomic E-state index is 0.232. The van der Waals surface area contributed by atoms with Crippen LogP contribution in [0.4, 0.5) is 0 Å². The summed E-state index contributed by atoms with van der Waals surface area (Å²) in [5, 5.41) is 8.83. The van der Waals surface area contributed by atoms with Gasteiger partial charge in [-0.1, -0.05) is 12.1 Å². The predicted octanol–water partition coefficient (Wildman–Crippen LogP) is 1.54. The van der Waals surface area contributed by atoms with Gasteiger partial charge in [0.1, 0.15) is 0 Å². The average Bonchev–Trinajstić information content (AvgIpc) is 2.58. The van der Waals surface area contributed by atoms with Gasteiger partial charge in [-0.25, -0.2) is 0 Å². The Labute approximate surface area is 139 Å². The lowest BCUT2D eigenvalue weighted by Crippen LogP contribution is -2.49. The zero-order valence-corrected chi connectivity index (χ0v) is 14.2. The van der Waals surface area contributed by atoms with Gasteiger partial charge in [0.2, 0.25) is 5.91 Å². The number of hydrogen-bond donors (Lipinski definition) is 0. The lowest BCUT2D eigenvalue weighted by atomic mass is 10.1. The number of rotatable bonds is 6. The van der Waals surface area contributed by atoms with Crippen molar-refractivity contribution in [3.05, 3.63) is 35.4 Å². The number of carbonyl (C=O) groups excluding carboxylic acids is 1. The molecule has 1 amide bonds. The summed E-state index contributed by atoms with van der Waals surface area (Å²) in [4.78, 5) is 18.7. The molecule has 1 aromatic carbocycles. The first-order valence-electron chi connectivity index (χ1n) is 8.37. The van der Waals surface area contributed by atoms with Crippen LogP contribution in [0.5, 0.6) is 0 Å². The highest BCUT2D eigenvalue weighted by molar-refractivity contribution is 5.78. The standard InChI is InChI=1S/C18H26N4O/c1-3-22(4-2)18(23)15-21-11-9-20(10-12-21)14-17-7-5-16(13-19)6-8-17/h5-8H,3-4,9-12,14-15H2,1-2H3. The zero-order chi connectivity index (χ0) is 16.7. The van der Waals surface area contributed by atoms with E-state index in [1.54, 1.807) is 0 Å². The molecule has 0 spiro atoms. The van der Waals surface area contributed by atoms with Crippen LogP contribution >= 0.6 is 0 Å². The van der Waals surface area contributed by atoms with Gasteiger partial charge < -0.3 is 4.90 Å². The average molecular weight is 314 g/mol. The second kappa shape index (κ2) is 8.66. The molecule has 1 aliphatic heterocycles. The molecule has 0 N–H and O–H groups in total. The largest absolute Gasteiger partial charge is 0.342 e. The van der Waals surface area contributed by atoms with Gasteiger partial charge in [-0.2, -0.15) is 5.26 Å².